The molecule has 0 aliphatic carbocycles. The molecule has 0 bridgehead atoms. The van der Waals surface area contributed by atoms with Crippen LogP contribution >= 0.6 is 11.6 Å². The standard InChI is InChI=1S/C21H20ClF5N4O3/c1-3-31(12-33)20(10-32)29-30(2)18-9-19(34-11-21(25,26)27)13(7-16(18)24)15(23)8-17-14(22)5-4-6-28-17/h4-9,12,32H,3,10-11H2,1-2H3/b15-8-,29-20-. The number of carbonyl (C=O) groups excluding carboxylic acids is 1. The first-order chi connectivity index (χ1) is 16.0. The third-order valence-corrected chi connectivity index (χ3v) is 4.62. The SMILES string of the molecule is CCN(C=O)/C(CO)=N\N(C)c1cc(OCC(F)(F)F)c(/C(F)=C/c2ncccc2Cl)cc1F. The molecule has 0 saturated carbocycles. The van der Waals surface area contributed by atoms with Gasteiger partial charge in [0.05, 0.1) is 22.0 Å². The van der Waals surface area contributed by atoms with E-state index < -0.39 is 48.0 Å². The lowest BCUT2D eigenvalue weighted by atomic mass is 10.1. The molecule has 2 rings (SSSR count). The van der Waals surface area contributed by atoms with Crippen molar-refractivity contribution >= 4 is 41.4 Å². The second kappa shape index (κ2) is 11.7. The Morgan fingerprint density at radius 1 is 1.35 bits per heavy atom. The number of amides is 1. The Labute approximate surface area is 196 Å². The van der Waals surface area contributed by atoms with Gasteiger partial charge in [-0.05, 0) is 25.1 Å². The van der Waals surface area contributed by atoms with Crippen molar-refractivity contribution < 1.29 is 36.6 Å². The Kier molecular flexibility index (Phi) is 9.33. The van der Waals surface area contributed by atoms with Gasteiger partial charge in [-0.1, -0.05) is 11.6 Å². The molecule has 0 spiro atoms. The number of amidine groups is 1. The molecule has 2 aromatic rings. The summed E-state index contributed by atoms with van der Waals surface area (Å²) >= 11 is 5.93. The number of carbonyl (C=O) groups is 1. The van der Waals surface area contributed by atoms with Gasteiger partial charge in [-0.15, -0.1) is 0 Å². The number of aliphatic hydroxyl groups excluding tert-OH is 1. The number of hydrogen-bond acceptors (Lipinski definition) is 6. The van der Waals surface area contributed by atoms with E-state index in [4.69, 9.17) is 16.3 Å². The number of halogens is 6. The molecule has 13 heteroatoms. The van der Waals surface area contributed by atoms with Crippen molar-refractivity contribution in [3.05, 3.63) is 52.6 Å². The second-order valence-electron chi connectivity index (χ2n) is 6.66. The molecule has 0 aliphatic rings. The molecular formula is C21H20ClF5N4O3. The average molecular weight is 507 g/mol. The fraction of sp³-hybridized carbons (Fsp3) is 0.286. The van der Waals surface area contributed by atoms with Gasteiger partial charge in [0, 0.05) is 31.9 Å². The van der Waals surface area contributed by atoms with Gasteiger partial charge in [0.2, 0.25) is 6.41 Å². The van der Waals surface area contributed by atoms with Crippen LogP contribution in [0.25, 0.3) is 11.9 Å². The van der Waals surface area contributed by atoms with Gasteiger partial charge in [0.25, 0.3) is 0 Å². The monoisotopic (exact) mass is 506 g/mol. The van der Waals surface area contributed by atoms with Crippen LogP contribution < -0.4 is 9.75 Å². The predicted molar refractivity (Wildman–Crippen MR) is 118 cm³/mol. The van der Waals surface area contributed by atoms with Gasteiger partial charge in [-0.2, -0.15) is 18.3 Å². The van der Waals surface area contributed by atoms with Crippen LogP contribution in [-0.4, -0.2) is 60.2 Å². The maximum atomic E-state index is 15.0. The molecule has 0 radical (unpaired) electrons. The Morgan fingerprint density at radius 3 is 2.62 bits per heavy atom. The number of pyridine rings is 1. The van der Waals surface area contributed by atoms with Gasteiger partial charge >= 0.3 is 6.18 Å². The van der Waals surface area contributed by atoms with Crippen molar-refractivity contribution in [1.82, 2.24) is 9.88 Å². The van der Waals surface area contributed by atoms with Crippen molar-refractivity contribution in [2.24, 2.45) is 5.10 Å². The molecule has 0 fully saturated rings. The average Bonchev–Trinajstić information content (AvgIpc) is 2.78. The smallest absolute Gasteiger partial charge is 0.422 e. The van der Waals surface area contributed by atoms with Gasteiger partial charge in [0.1, 0.15) is 24.0 Å². The van der Waals surface area contributed by atoms with Crippen molar-refractivity contribution in [1.29, 1.82) is 0 Å². The first kappa shape index (κ1) is 27.0. The summed E-state index contributed by atoms with van der Waals surface area (Å²) in [5.74, 6) is -3.01. The van der Waals surface area contributed by atoms with E-state index in [9.17, 15) is 31.9 Å². The maximum Gasteiger partial charge on any atom is 0.422 e. The fourth-order valence-corrected chi connectivity index (χ4v) is 2.86. The highest BCUT2D eigenvalue weighted by Crippen LogP contribution is 2.36. The minimum atomic E-state index is -4.75. The van der Waals surface area contributed by atoms with Crippen molar-refractivity contribution in [3.63, 3.8) is 0 Å². The fourth-order valence-electron chi connectivity index (χ4n) is 2.68. The first-order valence-electron chi connectivity index (χ1n) is 9.65. The van der Waals surface area contributed by atoms with Crippen LogP contribution in [-0.2, 0) is 4.79 Å². The maximum absolute atomic E-state index is 15.0. The Hall–Kier alpha value is -3.25. The number of hydrazone groups is 1. The highest BCUT2D eigenvalue weighted by Gasteiger charge is 2.30. The van der Waals surface area contributed by atoms with E-state index in [1.165, 1.54) is 25.4 Å². The summed E-state index contributed by atoms with van der Waals surface area (Å²) in [5, 5.41) is 14.3. The molecule has 0 unspecified atom stereocenters. The van der Waals surface area contributed by atoms with E-state index in [1.54, 1.807) is 6.92 Å². The molecule has 1 N–H and O–H groups in total. The third kappa shape index (κ3) is 7.12. The number of rotatable bonds is 9. The van der Waals surface area contributed by atoms with E-state index in [2.05, 4.69) is 10.1 Å². The zero-order chi connectivity index (χ0) is 25.5. The number of aromatic nitrogens is 1. The normalized spacial score (nSPS) is 12.5. The van der Waals surface area contributed by atoms with Crippen molar-refractivity contribution in [2.75, 3.05) is 31.8 Å². The highest BCUT2D eigenvalue weighted by atomic mass is 35.5. The molecule has 184 valence electrons. The quantitative estimate of drug-likeness (QED) is 0.178. The zero-order valence-electron chi connectivity index (χ0n) is 18.0. The number of hydrogen-bond donors (Lipinski definition) is 1. The number of alkyl halides is 3. The minimum Gasteiger partial charge on any atom is -0.483 e. The van der Waals surface area contributed by atoms with Crippen molar-refractivity contribution in [3.8, 4) is 5.75 Å². The van der Waals surface area contributed by atoms with Gasteiger partial charge in [-0.3, -0.25) is 19.7 Å². The number of ether oxygens (including phenoxy) is 1. The lowest BCUT2D eigenvalue weighted by molar-refractivity contribution is -0.153. The summed E-state index contributed by atoms with van der Waals surface area (Å²) in [6.07, 6.45) is -2.22. The third-order valence-electron chi connectivity index (χ3n) is 4.30. The van der Waals surface area contributed by atoms with Crippen LogP contribution in [0.3, 0.4) is 0 Å². The van der Waals surface area contributed by atoms with Crippen LogP contribution in [0.2, 0.25) is 5.02 Å². The zero-order valence-corrected chi connectivity index (χ0v) is 18.7. The molecule has 1 heterocycles. The molecular weight excluding hydrogens is 487 g/mol. The molecule has 1 amide bonds. The Morgan fingerprint density at radius 2 is 2.06 bits per heavy atom. The van der Waals surface area contributed by atoms with E-state index in [0.29, 0.717) is 12.5 Å². The lowest BCUT2D eigenvalue weighted by Crippen LogP contribution is -2.34. The van der Waals surface area contributed by atoms with Crippen LogP contribution in [0.5, 0.6) is 5.75 Å². The molecule has 34 heavy (non-hydrogen) atoms. The first-order valence-corrected chi connectivity index (χ1v) is 10.0. The van der Waals surface area contributed by atoms with E-state index in [1.807, 2.05) is 0 Å². The van der Waals surface area contributed by atoms with Crippen molar-refractivity contribution in [2.45, 2.75) is 13.1 Å². The summed E-state index contributed by atoms with van der Waals surface area (Å²) in [4.78, 5) is 16.0. The number of nitrogens with zero attached hydrogens (tertiary/aromatic N) is 4. The molecule has 0 saturated heterocycles. The Balaban J connectivity index is 2.57. The van der Waals surface area contributed by atoms with Crippen LogP contribution in [0, 0.1) is 5.82 Å². The number of aliphatic hydroxyl groups is 1. The lowest BCUT2D eigenvalue weighted by Gasteiger charge is -2.22. The molecule has 7 nitrogen and oxygen atoms in total. The molecule has 1 aromatic carbocycles. The minimum absolute atomic E-state index is 0.0317. The van der Waals surface area contributed by atoms with Crippen LogP contribution in [0.15, 0.2) is 35.6 Å². The van der Waals surface area contributed by atoms with Crippen LogP contribution in [0.4, 0.5) is 27.6 Å². The number of anilines is 1. The predicted octanol–water partition coefficient (Wildman–Crippen LogP) is 4.50. The summed E-state index contributed by atoms with van der Waals surface area (Å²) in [6.45, 7) is -0.715. The number of benzene rings is 1. The molecule has 0 atom stereocenters. The van der Waals surface area contributed by atoms with Gasteiger partial charge in [-0.25, -0.2) is 8.78 Å². The summed E-state index contributed by atoms with van der Waals surface area (Å²) in [6, 6.07) is 4.36. The second-order valence-corrected chi connectivity index (χ2v) is 7.06. The van der Waals surface area contributed by atoms with Gasteiger partial charge in [0.15, 0.2) is 12.4 Å². The molecule has 1 aromatic heterocycles. The Bertz CT molecular complexity index is 1080. The molecule has 0 aliphatic heterocycles. The topological polar surface area (TPSA) is 78.3 Å². The van der Waals surface area contributed by atoms with E-state index >= 15 is 0 Å². The van der Waals surface area contributed by atoms with Gasteiger partial charge < -0.3 is 9.84 Å². The summed E-state index contributed by atoms with van der Waals surface area (Å²) in [5.41, 5.74) is -1.05. The summed E-state index contributed by atoms with van der Waals surface area (Å²) in [7, 11) is 1.22. The van der Waals surface area contributed by atoms with E-state index in [0.717, 1.165) is 22.1 Å². The largest absolute Gasteiger partial charge is 0.483 e. The van der Waals surface area contributed by atoms with E-state index in [-0.39, 0.29) is 23.1 Å². The highest BCUT2D eigenvalue weighted by molar-refractivity contribution is 6.32. The summed E-state index contributed by atoms with van der Waals surface area (Å²) < 4.78 is 72.9. The van der Waals surface area contributed by atoms with Crippen LogP contribution in [0.1, 0.15) is 18.2 Å². The number of likely N-dealkylation sites (N-methyl/N-ethyl adjacent to an activating group) is 1.